The van der Waals surface area contributed by atoms with Crippen LogP contribution in [0.3, 0.4) is 0 Å². The van der Waals surface area contributed by atoms with E-state index in [1.165, 1.54) is 0 Å². The van der Waals surface area contributed by atoms with Gasteiger partial charge in [0.05, 0.1) is 12.3 Å². The van der Waals surface area contributed by atoms with Gasteiger partial charge in [0.2, 0.25) is 0 Å². The van der Waals surface area contributed by atoms with Gasteiger partial charge in [-0.3, -0.25) is 4.79 Å². The molecule has 5 heteroatoms. The Bertz CT molecular complexity index is 404. The van der Waals surface area contributed by atoms with Crippen LogP contribution in [0.25, 0.3) is 0 Å². The van der Waals surface area contributed by atoms with E-state index >= 15 is 0 Å². The Labute approximate surface area is 100 Å². The largest absolute Gasteiger partial charge is 0.397 e. The summed E-state index contributed by atoms with van der Waals surface area (Å²) < 4.78 is 0. The predicted octanol–water partition coefficient (Wildman–Crippen LogP) is 0.651. The number of amides is 1. The Hall–Kier alpha value is -1.62. The summed E-state index contributed by atoms with van der Waals surface area (Å²) >= 11 is 0. The van der Waals surface area contributed by atoms with E-state index in [-0.39, 0.29) is 24.2 Å². The van der Waals surface area contributed by atoms with Crippen molar-refractivity contribution in [2.24, 2.45) is 0 Å². The quantitative estimate of drug-likeness (QED) is 0.803. The van der Waals surface area contributed by atoms with Crippen LogP contribution in [-0.4, -0.2) is 40.1 Å². The Balaban J connectivity index is 2.18. The van der Waals surface area contributed by atoms with Crippen molar-refractivity contribution >= 4 is 11.6 Å². The van der Waals surface area contributed by atoms with Crippen LogP contribution in [-0.2, 0) is 0 Å². The first-order valence-corrected chi connectivity index (χ1v) is 5.86. The number of aliphatic hydroxyl groups excluding tert-OH is 1. The number of nitrogens with zero attached hydrogens (tertiary/aromatic N) is 2. The van der Waals surface area contributed by atoms with E-state index in [0.717, 1.165) is 19.3 Å². The van der Waals surface area contributed by atoms with Gasteiger partial charge in [-0.2, -0.15) is 0 Å². The zero-order chi connectivity index (χ0) is 12.3. The number of aromatic nitrogens is 1. The second-order valence-corrected chi connectivity index (χ2v) is 4.25. The summed E-state index contributed by atoms with van der Waals surface area (Å²) in [4.78, 5) is 18.0. The molecule has 1 heterocycles. The second-order valence-electron chi connectivity index (χ2n) is 4.25. The summed E-state index contributed by atoms with van der Waals surface area (Å²) in [5.41, 5.74) is 6.42. The number of nitrogen functional groups attached to an aromatic ring is 1. The van der Waals surface area contributed by atoms with Crippen LogP contribution in [0, 0.1) is 0 Å². The summed E-state index contributed by atoms with van der Waals surface area (Å²) in [6.45, 7) is 0.314. The highest BCUT2D eigenvalue weighted by Crippen LogP contribution is 2.26. The normalized spacial score (nSPS) is 15.4. The Morgan fingerprint density at radius 2 is 2.35 bits per heavy atom. The number of hydrogen-bond acceptors (Lipinski definition) is 4. The molecule has 1 saturated carbocycles. The minimum absolute atomic E-state index is 0.0328. The monoisotopic (exact) mass is 235 g/mol. The standard InChI is InChI=1S/C12H17N3O2/c13-10-5-2-6-14-11(10)12(17)15(7-8-16)9-3-1-4-9/h2,5-6,9,16H,1,3-4,7-8,13H2. The summed E-state index contributed by atoms with van der Waals surface area (Å²) in [7, 11) is 0. The van der Waals surface area contributed by atoms with Crippen molar-refractivity contribution in [3.8, 4) is 0 Å². The summed E-state index contributed by atoms with van der Waals surface area (Å²) in [6.07, 6.45) is 4.69. The lowest BCUT2D eigenvalue weighted by Crippen LogP contribution is -2.46. The topological polar surface area (TPSA) is 79.5 Å². The molecule has 3 N–H and O–H groups in total. The molecule has 17 heavy (non-hydrogen) atoms. The van der Waals surface area contributed by atoms with Gasteiger partial charge < -0.3 is 15.7 Å². The molecule has 2 rings (SSSR count). The van der Waals surface area contributed by atoms with Crippen LogP contribution in [0.15, 0.2) is 18.3 Å². The van der Waals surface area contributed by atoms with Gasteiger partial charge in [0, 0.05) is 18.8 Å². The number of carbonyl (C=O) groups excluding carboxylic acids is 1. The van der Waals surface area contributed by atoms with E-state index in [4.69, 9.17) is 10.8 Å². The molecule has 0 radical (unpaired) electrons. The molecule has 1 fully saturated rings. The lowest BCUT2D eigenvalue weighted by Gasteiger charge is -2.37. The van der Waals surface area contributed by atoms with Crippen LogP contribution in [0.5, 0.6) is 0 Å². The highest BCUT2D eigenvalue weighted by molar-refractivity contribution is 5.97. The first-order valence-electron chi connectivity index (χ1n) is 5.86. The SMILES string of the molecule is Nc1cccnc1C(=O)N(CCO)C1CCC1. The predicted molar refractivity (Wildman–Crippen MR) is 64.4 cm³/mol. The molecule has 0 aliphatic heterocycles. The highest BCUT2D eigenvalue weighted by atomic mass is 16.3. The Kier molecular flexibility index (Phi) is 3.58. The molecule has 0 unspecified atom stereocenters. The maximum Gasteiger partial charge on any atom is 0.274 e. The molecule has 1 aliphatic carbocycles. The average molecular weight is 235 g/mol. The molecular weight excluding hydrogens is 218 g/mol. The fraction of sp³-hybridized carbons (Fsp3) is 0.500. The molecule has 1 amide bonds. The van der Waals surface area contributed by atoms with Crippen molar-refractivity contribution in [3.63, 3.8) is 0 Å². The van der Waals surface area contributed by atoms with E-state index in [0.29, 0.717) is 12.2 Å². The Morgan fingerprint density at radius 3 is 2.88 bits per heavy atom. The zero-order valence-electron chi connectivity index (χ0n) is 9.67. The summed E-state index contributed by atoms with van der Waals surface area (Å²) in [6, 6.07) is 3.60. The van der Waals surface area contributed by atoms with Crippen LogP contribution in [0.1, 0.15) is 29.8 Å². The van der Waals surface area contributed by atoms with Gasteiger partial charge in [-0.1, -0.05) is 0 Å². The molecule has 0 saturated heterocycles. The first kappa shape index (κ1) is 11.9. The number of hydrogen-bond donors (Lipinski definition) is 2. The highest BCUT2D eigenvalue weighted by Gasteiger charge is 2.30. The molecule has 5 nitrogen and oxygen atoms in total. The lowest BCUT2D eigenvalue weighted by atomic mass is 9.91. The number of carbonyl (C=O) groups is 1. The molecule has 1 aromatic rings. The minimum atomic E-state index is -0.179. The summed E-state index contributed by atoms with van der Waals surface area (Å²) in [5.74, 6) is -0.179. The molecule has 92 valence electrons. The zero-order valence-corrected chi connectivity index (χ0v) is 9.67. The molecule has 0 aromatic carbocycles. The van der Waals surface area contributed by atoms with Crippen molar-refractivity contribution in [2.75, 3.05) is 18.9 Å². The lowest BCUT2D eigenvalue weighted by molar-refractivity contribution is 0.0521. The van der Waals surface area contributed by atoms with Crippen LogP contribution >= 0.6 is 0 Å². The van der Waals surface area contributed by atoms with Crippen LogP contribution in [0.4, 0.5) is 5.69 Å². The smallest absolute Gasteiger partial charge is 0.274 e. The van der Waals surface area contributed by atoms with E-state index in [2.05, 4.69) is 4.98 Å². The molecule has 0 spiro atoms. The molecular formula is C12H17N3O2. The van der Waals surface area contributed by atoms with Crippen molar-refractivity contribution < 1.29 is 9.90 Å². The van der Waals surface area contributed by atoms with Crippen molar-refractivity contribution in [1.29, 1.82) is 0 Å². The molecule has 1 aromatic heterocycles. The van der Waals surface area contributed by atoms with Gasteiger partial charge in [0.15, 0.2) is 5.69 Å². The average Bonchev–Trinajstić information content (AvgIpc) is 2.26. The van der Waals surface area contributed by atoms with Gasteiger partial charge in [0.25, 0.3) is 5.91 Å². The molecule has 0 atom stereocenters. The third-order valence-electron chi connectivity index (χ3n) is 3.16. The number of pyridine rings is 1. The summed E-state index contributed by atoms with van der Waals surface area (Å²) in [5, 5.41) is 9.02. The maximum atomic E-state index is 12.3. The van der Waals surface area contributed by atoms with Gasteiger partial charge in [0.1, 0.15) is 0 Å². The minimum Gasteiger partial charge on any atom is -0.397 e. The molecule has 1 aliphatic rings. The van der Waals surface area contributed by atoms with E-state index in [1.807, 2.05) is 0 Å². The molecule has 0 bridgehead atoms. The van der Waals surface area contributed by atoms with Gasteiger partial charge in [-0.05, 0) is 31.4 Å². The van der Waals surface area contributed by atoms with Gasteiger partial charge in [-0.15, -0.1) is 0 Å². The van der Waals surface area contributed by atoms with Crippen LogP contribution in [0.2, 0.25) is 0 Å². The Morgan fingerprint density at radius 1 is 1.59 bits per heavy atom. The third kappa shape index (κ3) is 2.39. The van der Waals surface area contributed by atoms with Gasteiger partial charge in [-0.25, -0.2) is 4.98 Å². The van der Waals surface area contributed by atoms with E-state index in [9.17, 15) is 4.79 Å². The maximum absolute atomic E-state index is 12.3. The number of anilines is 1. The second kappa shape index (κ2) is 5.14. The van der Waals surface area contributed by atoms with Crippen LogP contribution < -0.4 is 5.73 Å². The number of rotatable bonds is 4. The first-order chi connectivity index (χ1) is 8.24. The van der Waals surface area contributed by atoms with E-state index in [1.54, 1.807) is 23.2 Å². The fourth-order valence-electron chi connectivity index (χ4n) is 1.99. The van der Waals surface area contributed by atoms with E-state index < -0.39 is 0 Å². The fourth-order valence-corrected chi connectivity index (χ4v) is 1.99. The number of nitrogens with two attached hydrogens (primary N) is 1. The van der Waals surface area contributed by atoms with Crippen molar-refractivity contribution in [1.82, 2.24) is 9.88 Å². The van der Waals surface area contributed by atoms with Crippen molar-refractivity contribution in [3.05, 3.63) is 24.0 Å². The third-order valence-corrected chi connectivity index (χ3v) is 3.16. The number of aliphatic hydroxyl groups is 1. The van der Waals surface area contributed by atoms with Gasteiger partial charge >= 0.3 is 0 Å². The van der Waals surface area contributed by atoms with Crippen molar-refractivity contribution in [2.45, 2.75) is 25.3 Å².